The van der Waals surface area contributed by atoms with Gasteiger partial charge in [0.1, 0.15) is 16.7 Å². The van der Waals surface area contributed by atoms with Crippen LogP contribution in [0.5, 0.6) is 0 Å². The Balaban J connectivity index is 1.51. The maximum absolute atomic E-state index is 11.3. The van der Waals surface area contributed by atoms with Gasteiger partial charge in [-0.15, -0.1) is 0 Å². The average molecular weight is 453 g/mol. The molecule has 1 fully saturated rings. The second-order valence-electron chi connectivity index (χ2n) is 8.93. The Kier molecular flexibility index (Phi) is 5.13. The molecule has 9 nitrogen and oxygen atoms in total. The molecule has 0 bridgehead atoms. The lowest BCUT2D eigenvalue weighted by Gasteiger charge is -2.39. The molecule has 0 aliphatic carbocycles. The quantitative estimate of drug-likeness (QED) is 0.482. The van der Waals surface area contributed by atoms with Crippen LogP contribution in [0.4, 0.5) is 5.13 Å². The molecule has 0 aromatic carbocycles. The van der Waals surface area contributed by atoms with Gasteiger partial charge in [0.2, 0.25) is 5.91 Å². The number of anilines is 1. The Bertz CT molecular complexity index is 1300. The molecule has 10 heteroatoms. The van der Waals surface area contributed by atoms with Gasteiger partial charge in [-0.05, 0) is 31.4 Å². The van der Waals surface area contributed by atoms with Crippen LogP contribution < -0.4 is 10.6 Å². The molecule has 0 unspecified atom stereocenters. The van der Waals surface area contributed by atoms with Gasteiger partial charge < -0.3 is 15.6 Å². The molecule has 1 saturated heterocycles. The molecule has 1 aliphatic rings. The highest BCUT2D eigenvalue weighted by atomic mass is 32.1. The zero-order chi connectivity index (χ0) is 22.6. The van der Waals surface area contributed by atoms with Crippen LogP contribution in [0.25, 0.3) is 27.3 Å². The fourth-order valence-corrected chi connectivity index (χ4v) is 5.81. The summed E-state index contributed by atoms with van der Waals surface area (Å²) < 4.78 is 1.83. The Morgan fingerprint density at radius 1 is 1.38 bits per heavy atom. The number of rotatable bonds is 5. The van der Waals surface area contributed by atoms with Crippen LogP contribution >= 0.6 is 11.3 Å². The van der Waals surface area contributed by atoms with Crippen molar-refractivity contribution >= 4 is 38.4 Å². The topological polar surface area (TPSA) is 108 Å². The Morgan fingerprint density at radius 3 is 2.91 bits per heavy atom. The van der Waals surface area contributed by atoms with Gasteiger partial charge >= 0.3 is 0 Å². The maximum Gasteiger partial charge on any atom is 0.231 e. The standard InChI is InChI=1S/C22H28N8OS/c1-12(2)17-18(15-7-13(3)20-24-11-25-30(20)9-15)26-21-19(17)27-22(32-21)29-6-5-28(8-14(29)4)10-16(23)31/h7,9,11-12,14,26H,5-6,8,10H2,1-4H3,(H2,23,31)/t14-/m1/s1. The summed E-state index contributed by atoms with van der Waals surface area (Å²) in [4.78, 5) is 29.9. The number of pyridine rings is 1. The summed E-state index contributed by atoms with van der Waals surface area (Å²) in [5.41, 5.74) is 11.8. The number of hydrogen-bond donors (Lipinski definition) is 2. The number of hydrogen-bond acceptors (Lipinski definition) is 7. The van der Waals surface area contributed by atoms with Crippen molar-refractivity contribution in [3.63, 3.8) is 0 Å². The van der Waals surface area contributed by atoms with Crippen LogP contribution in [0.3, 0.4) is 0 Å². The summed E-state index contributed by atoms with van der Waals surface area (Å²) in [6.07, 6.45) is 3.61. The van der Waals surface area contributed by atoms with E-state index < -0.39 is 0 Å². The van der Waals surface area contributed by atoms with Gasteiger partial charge in [0.05, 0.1) is 12.2 Å². The predicted octanol–water partition coefficient (Wildman–Crippen LogP) is 2.76. The molecular weight excluding hydrogens is 424 g/mol. The molecule has 1 atom stereocenters. The summed E-state index contributed by atoms with van der Waals surface area (Å²) in [5.74, 6) is 0.0342. The molecule has 3 N–H and O–H groups in total. The first-order chi connectivity index (χ1) is 15.3. The van der Waals surface area contributed by atoms with Gasteiger partial charge in [0, 0.05) is 43.0 Å². The summed E-state index contributed by atoms with van der Waals surface area (Å²) in [5, 5.41) is 5.35. The van der Waals surface area contributed by atoms with Crippen molar-refractivity contribution in [2.24, 2.45) is 5.73 Å². The van der Waals surface area contributed by atoms with Crippen molar-refractivity contribution in [2.45, 2.75) is 39.7 Å². The number of carbonyl (C=O) groups excluding carboxylic acids is 1. The van der Waals surface area contributed by atoms with E-state index >= 15 is 0 Å². The van der Waals surface area contributed by atoms with Gasteiger partial charge in [0.15, 0.2) is 10.8 Å². The monoisotopic (exact) mass is 452 g/mol. The zero-order valence-corrected chi connectivity index (χ0v) is 19.6. The average Bonchev–Trinajstić information content (AvgIpc) is 3.40. The van der Waals surface area contributed by atoms with Crippen LogP contribution in [-0.2, 0) is 4.79 Å². The number of primary amides is 1. The van der Waals surface area contributed by atoms with E-state index in [1.54, 1.807) is 17.7 Å². The van der Waals surface area contributed by atoms with Crippen LogP contribution in [0.1, 0.15) is 37.8 Å². The third kappa shape index (κ3) is 3.53. The molecule has 5 rings (SSSR count). The van der Waals surface area contributed by atoms with Crippen LogP contribution in [0.15, 0.2) is 18.6 Å². The van der Waals surface area contributed by atoms with Crippen molar-refractivity contribution in [2.75, 3.05) is 31.1 Å². The zero-order valence-electron chi connectivity index (χ0n) is 18.8. The van der Waals surface area contributed by atoms with E-state index in [0.29, 0.717) is 12.5 Å². The van der Waals surface area contributed by atoms with E-state index in [0.717, 1.165) is 57.6 Å². The number of aryl methyl sites for hydroxylation is 1. The van der Waals surface area contributed by atoms with E-state index in [1.807, 2.05) is 10.7 Å². The van der Waals surface area contributed by atoms with Crippen LogP contribution in [0, 0.1) is 6.92 Å². The van der Waals surface area contributed by atoms with Gasteiger partial charge in [-0.2, -0.15) is 5.10 Å². The fraction of sp³-hybridized carbons (Fsp3) is 0.455. The third-order valence-electron chi connectivity index (χ3n) is 6.14. The van der Waals surface area contributed by atoms with Gasteiger partial charge in [-0.1, -0.05) is 25.2 Å². The van der Waals surface area contributed by atoms with Crippen molar-refractivity contribution in [1.82, 2.24) is 29.5 Å². The van der Waals surface area contributed by atoms with E-state index in [2.05, 4.69) is 58.6 Å². The Labute approximate surface area is 190 Å². The smallest absolute Gasteiger partial charge is 0.231 e. The number of thiazole rings is 1. The number of nitrogens with zero attached hydrogens (tertiary/aromatic N) is 6. The SMILES string of the molecule is Cc1cc(-c2[nH]c3sc(N4CCN(CC(N)=O)C[C@H]4C)nc3c2C(C)C)cn2ncnc12. The lowest BCUT2D eigenvalue weighted by atomic mass is 9.99. The van der Waals surface area contributed by atoms with Crippen molar-refractivity contribution in [3.8, 4) is 11.3 Å². The molecule has 1 amide bonds. The largest absolute Gasteiger partial charge is 0.369 e. The highest BCUT2D eigenvalue weighted by molar-refractivity contribution is 7.21. The molecule has 168 valence electrons. The Morgan fingerprint density at radius 2 is 2.19 bits per heavy atom. The van der Waals surface area contributed by atoms with Crippen molar-refractivity contribution in [3.05, 3.63) is 29.7 Å². The molecule has 4 aromatic rings. The first kappa shape index (κ1) is 20.9. The molecule has 32 heavy (non-hydrogen) atoms. The Hall–Kier alpha value is -2.98. The van der Waals surface area contributed by atoms with Crippen LogP contribution in [-0.4, -0.2) is 67.6 Å². The minimum atomic E-state index is -0.276. The number of carbonyl (C=O) groups is 1. The highest BCUT2D eigenvalue weighted by Crippen LogP contribution is 2.40. The number of nitrogens with two attached hydrogens (primary N) is 1. The molecular formula is C22H28N8OS. The number of aromatic amines is 1. The van der Waals surface area contributed by atoms with Crippen LogP contribution in [0.2, 0.25) is 0 Å². The second kappa shape index (κ2) is 7.86. The van der Waals surface area contributed by atoms with Gasteiger partial charge in [-0.25, -0.2) is 14.5 Å². The first-order valence-electron chi connectivity index (χ1n) is 10.9. The number of fused-ring (bicyclic) bond motifs is 2. The summed E-state index contributed by atoms with van der Waals surface area (Å²) in [6, 6.07) is 2.42. The first-order valence-corrected chi connectivity index (χ1v) is 11.7. The third-order valence-corrected chi connectivity index (χ3v) is 7.15. The number of amides is 1. The van der Waals surface area contributed by atoms with Crippen molar-refractivity contribution < 1.29 is 4.79 Å². The summed E-state index contributed by atoms with van der Waals surface area (Å²) in [6.45, 7) is 11.4. The van der Waals surface area contributed by atoms with E-state index in [9.17, 15) is 4.79 Å². The highest BCUT2D eigenvalue weighted by Gasteiger charge is 2.28. The lowest BCUT2D eigenvalue weighted by molar-refractivity contribution is -0.119. The lowest BCUT2D eigenvalue weighted by Crippen LogP contribution is -2.53. The predicted molar refractivity (Wildman–Crippen MR) is 127 cm³/mol. The van der Waals surface area contributed by atoms with Gasteiger partial charge in [0.25, 0.3) is 0 Å². The minimum absolute atomic E-state index is 0.262. The van der Waals surface area contributed by atoms with E-state index in [1.165, 1.54) is 5.56 Å². The van der Waals surface area contributed by atoms with Crippen molar-refractivity contribution in [1.29, 1.82) is 0 Å². The molecule has 1 aliphatic heterocycles. The van der Waals surface area contributed by atoms with Gasteiger partial charge in [-0.3, -0.25) is 9.69 Å². The number of nitrogens with one attached hydrogen (secondary N) is 1. The molecule has 0 radical (unpaired) electrons. The normalized spacial score (nSPS) is 17.8. The number of piperazine rings is 1. The second-order valence-corrected chi connectivity index (χ2v) is 9.90. The molecule has 4 aromatic heterocycles. The summed E-state index contributed by atoms with van der Waals surface area (Å²) >= 11 is 1.69. The number of aromatic nitrogens is 5. The molecule has 0 spiro atoms. The number of H-pyrrole nitrogens is 1. The molecule has 5 heterocycles. The fourth-order valence-electron chi connectivity index (χ4n) is 4.70. The summed E-state index contributed by atoms with van der Waals surface area (Å²) in [7, 11) is 0. The van der Waals surface area contributed by atoms with E-state index in [-0.39, 0.29) is 11.9 Å². The van der Waals surface area contributed by atoms with E-state index in [4.69, 9.17) is 10.7 Å². The molecule has 0 saturated carbocycles. The minimum Gasteiger partial charge on any atom is -0.369 e. The maximum atomic E-state index is 11.3.